The summed E-state index contributed by atoms with van der Waals surface area (Å²) < 4.78 is 0. The second kappa shape index (κ2) is 8.20. The van der Waals surface area contributed by atoms with E-state index in [0.717, 1.165) is 31.8 Å². The molecule has 2 N–H and O–H groups in total. The highest BCUT2D eigenvalue weighted by Crippen LogP contribution is 2.23. The summed E-state index contributed by atoms with van der Waals surface area (Å²) in [5.74, 6) is 1.05. The highest BCUT2D eigenvalue weighted by atomic mass is 35.5. The van der Waals surface area contributed by atoms with Crippen LogP contribution in [0.3, 0.4) is 0 Å². The number of nitrogens with one attached hydrogen (secondary N) is 2. The summed E-state index contributed by atoms with van der Waals surface area (Å²) in [6, 6.07) is 1.38. The van der Waals surface area contributed by atoms with Gasteiger partial charge in [0.2, 0.25) is 5.91 Å². The van der Waals surface area contributed by atoms with E-state index in [4.69, 9.17) is 0 Å². The van der Waals surface area contributed by atoms with Gasteiger partial charge in [-0.15, -0.1) is 12.4 Å². The molecule has 0 radical (unpaired) electrons. The van der Waals surface area contributed by atoms with Crippen molar-refractivity contribution in [3.8, 4) is 0 Å². The Labute approximate surface area is 129 Å². The van der Waals surface area contributed by atoms with E-state index in [2.05, 4.69) is 36.3 Å². The van der Waals surface area contributed by atoms with Crippen LogP contribution >= 0.6 is 12.4 Å². The Balaban J connectivity index is 0.00000200. The van der Waals surface area contributed by atoms with Crippen molar-refractivity contribution in [2.24, 2.45) is 5.92 Å². The van der Waals surface area contributed by atoms with Gasteiger partial charge in [-0.25, -0.2) is 0 Å². The molecule has 2 rings (SSSR count). The molecule has 0 aromatic heterocycles. The van der Waals surface area contributed by atoms with Gasteiger partial charge in [0, 0.05) is 31.2 Å². The first kappa shape index (κ1) is 17.7. The van der Waals surface area contributed by atoms with Crippen molar-refractivity contribution in [2.75, 3.05) is 19.6 Å². The number of hydrogen-bond acceptors (Lipinski definition) is 3. The van der Waals surface area contributed by atoms with Crippen LogP contribution in [0, 0.1) is 5.92 Å². The first-order valence-electron chi connectivity index (χ1n) is 7.80. The molecule has 2 fully saturated rings. The number of piperazine rings is 1. The Morgan fingerprint density at radius 3 is 2.20 bits per heavy atom. The number of halogens is 1. The number of nitrogens with zero attached hydrogens (tertiary/aromatic N) is 1. The van der Waals surface area contributed by atoms with E-state index in [-0.39, 0.29) is 18.3 Å². The average Bonchev–Trinajstić information content (AvgIpc) is 2.30. The minimum Gasteiger partial charge on any atom is -0.352 e. The van der Waals surface area contributed by atoms with E-state index in [1.54, 1.807) is 0 Å². The van der Waals surface area contributed by atoms with Crippen LogP contribution in [0.25, 0.3) is 0 Å². The van der Waals surface area contributed by atoms with Crippen LogP contribution in [0.1, 0.15) is 46.5 Å². The van der Waals surface area contributed by atoms with Crippen molar-refractivity contribution < 1.29 is 4.79 Å². The molecule has 2 unspecified atom stereocenters. The molecule has 4 nitrogen and oxygen atoms in total. The van der Waals surface area contributed by atoms with Gasteiger partial charge in [0.25, 0.3) is 0 Å². The largest absolute Gasteiger partial charge is 0.352 e. The van der Waals surface area contributed by atoms with E-state index < -0.39 is 0 Å². The molecule has 2 atom stereocenters. The maximum Gasteiger partial charge on any atom is 0.234 e. The lowest BCUT2D eigenvalue weighted by Crippen LogP contribution is -2.56. The minimum absolute atomic E-state index is 0. The third kappa shape index (κ3) is 5.58. The fourth-order valence-corrected chi connectivity index (χ4v) is 3.45. The van der Waals surface area contributed by atoms with Gasteiger partial charge < -0.3 is 10.6 Å². The minimum atomic E-state index is 0. The maximum atomic E-state index is 12.1. The molecular formula is C15H30ClN3O. The number of carbonyl (C=O) groups excluding carboxylic acids is 1. The van der Waals surface area contributed by atoms with E-state index in [9.17, 15) is 4.79 Å². The maximum absolute atomic E-state index is 12.1. The SMILES string of the molecule is CC1CCC(NC(=O)CN2CC(C)NC(C)C2)CC1.Cl. The monoisotopic (exact) mass is 303 g/mol. The van der Waals surface area contributed by atoms with E-state index in [0.29, 0.717) is 24.7 Å². The van der Waals surface area contributed by atoms with Gasteiger partial charge in [-0.1, -0.05) is 6.92 Å². The van der Waals surface area contributed by atoms with Crippen LogP contribution in [-0.2, 0) is 4.79 Å². The summed E-state index contributed by atoms with van der Waals surface area (Å²) in [6.45, 7) is 9.18. The van der Waals surface area contributed by atoms with Gasteiger partial charge in [0.05, 0.1) is 6.54 Å². The Bertz CT molecular complexity index is 295. The van der Waals surface area contributed by atoms with Gasteiger partial charge in [-0.3, -0.25) is 9.69 Å². The molecule has 5 heteroatoms. The van der Waals surface area contributed by atoms with Crippen molar-refractivity contribution in [3.63, 3.8) is 0 Å². The van der Waals surface area contributed by atoms with E-state index >= 15 is 0 Å². The van der Waals surface area contributed by atoms with E-state index in [1.165, 1.54) is 12.8 Å². The summed E-state index contributed by atoms with van der Waals surface area (Å²) in [6.07, 6.45) is 4.82. The Morgan fingerprint density at radius 2 is 1.65 bits per heavy atom. The van der Waals surface area contributed by atoms with Crippen LogP contribution in [0.2, 0.25) is 0 Å². The van der Waals surface area contributed by atoms with Gasteiger partial charge >= 0.3 is 0 Å². The van der Waals surface area contributed by atoms with Crippen molar-refractivity contribution in [1.29, 1.82) is 0 Å². The topological polar surface area (TPSA) is 44.4 Å². The van der Waals surface area contributed by atoms with Gasteiger partial charge in [0.1, 0.15) is 0 Å². The zero-order valence-corrected chi connectivity index (χ0v) is 13.8. The molecule has 0 spiro atoms. The second-order valence-electron chi connectivity index (χ2n) is 6.69. The molecule has 0 bridgehead atoms. The molecule has 0 aromatic rings. The van der Waals surface area contributed by atoms with Crippen LogP contribution in [0.4, 0.5) is 0 Å². The molecule has 1 saturated carbocycles. The molecule has 0 aromatic carbocycles. The highest BCUT2D eigenvalue weighted by molar-refractivity contribution is 5.85. The Hall–Kier alpha value is -0.320. The number of carbonyl (C=O) groups is 1. The van der Waals surface area contributed by atoms with Crippen molar-refractivity contribution in [3.05, 3.63) is 0 Å². The molecule has 20 heavy (non-hydrogen) atoms. The van der Waals surface area contributed by atoms with Gasteiger partial charge in [-0.2, -0.15) is 0 Å². The molecule has 1 aliphatic heterocycles. The Kier molecular flexibility index (Phi) is 7.27. The molecule has 1 amide bonds. The lowest BCUT2D eigenvalue weighted by Gasteiger charge is -2.36. The van der Waals surface area contributed by atoms with Crippen molar-refractivity contribution in [1.82, 2.24) is 15.5 Å². The fraction of sp³-hybridized carbons (Fsp3) is 0.933. The van der Waals surface area contributed by atoms with E-state index in [1.807, 2.05) is 0 Å². The number of amides is 1. The highest BCUT2D eigenvalue weighted by Gasteiger charge is 2.24. The molecular weight excluding hydrogens is 274 g/mol. The van der Waals surface area contributed by atoms with Gasteiger partial charge in [-0.05, 0) is 45.4 Å². The zero-order chi connectivity index (χ0) is 13.8. The predicted octanol–water partition coefficient (Wildman–Crippen LogP) is 1.79. The quantitative estimate of drug-likeness (QED) is 0.835. The fourth-order valence-electron chi connectivity index (χ4n) is 3.45. The summed E-state index contributed by atoms with van der Waals surface area (Å²) in [7, 11) is 0. The number of rotatable bonds is 3. The molecule has 1 heterocycles. The normalized spacial score (nSPS) is 35.1. The predicted molar refractivity (Wildman–Crippen MR) is 85.3 cm³/mol. The summed E-state index contributed by atoms with van der Waals surface area (Å²) in [5.41, 5.74) is 0. The van der Waals surface area contributed by atoms with Crippen molar-refractivity contribution in [2.45, 2.75) is 64.6 Å². The number of hydrogen-bond donors (Lipinski definition) is 2. The van der Waals surface area contributed by atoms with Crippen molar-refractivity contribution >= 4 is 18.3 Å². The summed E-state index contributed by atoms with van der Waals surface area (Å²) in [4.78, 5) is 14.4. The van der Waals surface area contributed by atoms with Crippen LogP contribution < -0.4 is 10.6 Å². The van der Waals surface area contributed by atoms with Crippen LogP contribution in [0.5, 0.6) is 0 Å². The average molecular weight is 304 g/mol. The van der Waals surface area contributed by atoms with Crippen LogP contribution in [-0.4, -0.2) is 48.6 Å². The second-order valence-corrected chi connectivity index (χ2v) is 6.69. The standard InChI is InChI=1S/C15H29N3O.ClH/c1-11-4-6-14(7-5-11)17-15(19)10-18-8-12(2)16-13(3)9-18;/h11-14,16H,4-10H2,1-3H3,(H,17,19);1H. The van der Waals surface area contributed by atoms with Crippen LogP contribution in [0.15, 0.2) is 0 Å². The summed E-state index contributed by atoms with van der Waals surface area (Å²) >= 11 is 0. The zero-order valence-electron chi connectivity index (χ0n) is 13.0. The van der Waals surface area contributed by atoms with Gasteiger partial charge in [0.15, 0.2) is 0 Å². The lowest BCUT2D eigenvalue weighted by atomic mass is 9.87. The first-order chi connectivity index (χ1) is 9.02. The summed E-state index contributed by atoms with van der Waals surface area (Å²) in [5, 5.41) is 6.71. The molecule has 1 saturated heterocycles. The molecule has 118 valence electrons. The molecule has 2 aliphatic rings. The first-order valence-corrected chi connectivity index (χ1v) is 7.80. The smallest absolute Gasteiger partial charge is 0.234 e. The Morgan fingerprint density at radius 1 is 1.10 bits per heavy atom. The third-order valence-corrected chi connectivity index (χ3v) is 4.38. The third-order valence-electron chi connectivity index (χ3n) is 4.38. The lowest BCUT2D eigenvalue weighted by molar-refractivity contribution is -0.123. The molecule has 1 aliphatic carbocycles.